The van der Waals surface area contributed by atoms with Crippen molar-refractivity contribution in [3.63, 3.8) is 0 Å². The largest absolute Gasteiger partial charge is 0.475 e. The van der Waals surface area contributed by atoms with Gasteiger partial charge in [-0.05, 0) is 18.8 Å². The molecule has 132 valence electrons. The summed E-state index contributed by atoms with van der Waals surface area (Å²) >= 11 is 0. The standard InChI is InChI=1S/C11H17F6O4P/c12-10(13,14)7-20-22(18,21-8-11(15,16)17)19-6-9-4-2-1-3-5-9/h9H,1-8H2. The van der Waals surface area contributed by atoms with Crippen LogP contribution in [0.1, 0.15) is 32.1 Å². The second-order valence-electron chi connectivity index (χ2n) is 5.02. The van der Waals surface area contributed by atoms with Crippen LogP contribution in [0.15, 0.2) is 0 Å². The Hall–Kier alpha value is -0.310. The first-order valence-electron chi connectivity index (χ1n) is 6.66. The molecule has 0 N–H and O–H groups in total. The minimum Gasteiger partial charge on any atom is -0.287 e. The summed E-state index contributed by atoms with van der Waals surface area (Å²) in [5.41, 5.74) is 0. The number of rotatable bonds is 7. The molecule has 0 aromatic heterocycles. The molecule has 0 spiro atoms. The fraction of sp³-hybridized carbons (Fsp3) is 1.00. The van der Waals surface area contributed by atoms with Crippen molar-refractivity contribution in [3.05, 3.63) is 0 Å². The van der Waals surface area contributed by atoms with Gasteiger partial charge >= 0.3 is 20.2 Å². The topological polar surface area (TPSA) is 44.8 Å². The summed E-state index contributed by atoms with van der Waals surface area (Å²) < 4.78 is 96.9. The first-order valence-corrected chi connectivity index (χ1v) is 8.12. The summed E-state index contributed by atoms with van der Waals surface area (Å²) in [5.74, 6) is -0.0777. The van der Waals surface area contributed by atoms with Crippen LogP contribution in [0.3, 0.4) is 0 Å². The van der Waals surface area contributed by atoms with E-state index >= 15 is 0 Å². The van der Waals surface area contributed by atoms with Gasteiger partial charge in [-0.3, -0.25) is 13.6 Å². The molecule has 0 aromatic rings. The molecular formula is C11H17F6O4P. The monoisotopic (exact) mass is 358 g/mol. The van der Waals surface area contributed by atoms with Crippen molar-refractivity contribution in [1.29, 1.82) is 0 Å². The van der Waals surface area contributed by atoms with Crippen LogP contribution < -0.4 is 0 Å². The first-order chi connectivity index (χ1) is 9.99. The molecule has 1 saturated carbocycles. The van der Waals surface area contributed by atoms with Crippen molar-refractivity contribution in [2.24, 2.45) is 5.92 Å². The van der Waals surface area contributed by atoms with E-state index in [9.17, 15) is 30.9 Å². The lowest BCUT2D eigenvalue weighted by atomic mass is 9.90. The third-order valence-electron chi connectivity index (χ3n) is 2.97. The van der Waals surface area contributed by atoms with Crippen LogP contribution in [0, 0.1) is 5.92 Å². The van der Waals surface area contributed by atoms with Gasteiger partial charge in [-0.1, -0.05) is 19.3 Å². The molecule has 0 bridgehead atoms. The van der Waals surface area contributed by atoms with Crippen LogP contribution in [0.25, 0.3) is 0 Å². The Kier molecular flexibility index (Phi) is 7.17. The van der Waals surface area contributed by atoms with Gasteiger partial charge in [0, 0.05) is 0 Å². The maximum Gasteiger partial charge on any atom is 0.475 e. The molecule has 0 amide bonds. The number of hydrogen-bond acceptors (Lipinski definition) is 4. The average Bonchev–Trinajstić information content (AvgIpc) is 2.41. The van der Waals surface area contributed by atoms with Crippen molar-refractivity contribution in [3.8, 4) is 0 Å². The lowest BCUT2D eigenvalue weighted by Gasteiger charge is -2.24. The van der Waals surface area contributed by atoms with Crippen LogP contribution in [-0.4, -0.2) is 32.2 Å². The van der Waals surface area contributed by atoms with Gasteiger partial charge in [-0.15, -0.1) is 0 Å². The fourth-order valence-electron chi connectivity index (χ4n) is 1.97. The molecule has 0 saturated heterocycles. The number of alkyl halides is 6. The van der Waals surface area contributed by atoms with Crippen LogP contribution in [0.2, 0.25) is 0 Å². The summed E-state index contributed by atoms with van der Waals surface area (Å²) in [6.45, 7) is -4.27. The van der Waals surface area contributed by atoms with Gasteiger partial charge in [0.1, 0.15) is 0 Å². The summed E-state index contributed by atoms with van der Waals surface area (Å²) in [4.78, 5) is 0. The molecule has 22 heavy (non-hydrogen) atoms. The van der Waals surface area contributed by atoms with E-state index in [0.717, 1.165) is 19.3 Å². The molecule has 0 heterocycles. The Labute approximate surface area is 123 Å². The second kappa shape index (κ2) is 7.99. The molecular weight excluding hydrogens is 341 g/mol. The summed E-state index contributed by atoms with van der Waals surface area (Å²) in [5, 5.41) is 0. The van der Waals surface area contributed by atoms with Gasteiger partial charge < -0.3 is 0 Å². The molecule has 0 atom stereocenters. The van der Waals surface area contributed by atoms with E-state index < -0.39 is 33.4 Å². The van der Waals surface area contributed by atoms with E-state index in [-0.39, 0.29) is 12.5 Å². The van der Waals surface area contributed by atoms with Gasteiger partial charge in [0.25, 0.3) is 0 Å². The Bertz CT molecular complexity index is 356. The summed E-state index contributed by atoms with van der Waals surface area (Å²) in [6, 6.07) is 0. The van der Waals surface area contributed by atoms with E-state index in [1.54, 1.807) is 0 Å². The second-order valence-corrected chi connectivity index (χ2v) is 6.69. The van der Waals surface area contributed by atoms with E-state index in [1.807, 2.05) is 0 Å². The highest BCUT2D eigenvalue weighted by molar-refractivity contribution is 7.48. The number of hydrogen-bond donors (Lipinski definition) is 0. The zero-order valence-corrected chi connectivity index (χ0v) is 12.5. The molecule has 1 aliphatic rings. The molecule has 11 heteroatoms. The Balaban J connectivity index is 2.57. The molecule has 1 aliphatic carbocycles. The van der Waals surface area contributed by atoms with Crippen molar-refractivity contribution < 1.29 is 44.5 Å². The Morgan fingerprint density at radius 3 is 1.68 bits per heavy atom. The van der Waals surface area contributed by atoms with Gasteiger partial charge in [-0.25, -0.2) is 4.57 Å². The molecule has 0 aromatic carbocycles. The normalized spacial score (nSPS) is 18.6. The number of phosphoric acid groups is 1. The SMILES string of the molecule is O=P(OCC1CCCCC1)(OCC(F)(F)F)OCC(F)(F)F. The fourth-order valence-corrected chi connectivity index (χ4v) is 3.19. The zero-order valence-electron chi connectivity index (χ0n) is 11.6. The van der Waals surface area contributed by atoms with Crippen molar-refractivity contribution >= 4 is 7.82 Å². The predicted octanol–water partition coefficient (Wildman–Crippen LogP) is 4.85. The zero-order chi connectivity index (χ0) is 16.9. The number of phosphoric ester groups is 1. The molecule has 0 aliphatic heterocycles. The van der Waals surface area contributed by atoms with Crippen LogP contribution in [0.5, 0.6) is 0 Å². The molecule has 1 rings (SSSR count). The van der Waals surface area contributed by atoms with Crippen LogP contribution >= 0.6 is 7.82 Å². The van der Waals surface area contributed by atoms with Crippen LogP contribution in [-0.2, 0) is 18.1 Å². The van der Waals surface area contributed by atoms with E-state index in [4.69, 9.17) is 0 Å². The van der Waals surface area contributed by atoms with Gasteiger partial charge in [0.2, 0.25) is 0 Å². The van der Waals surface area contributed by atoms with E-state index in [0.29, 0.717) is 12.8 Å². The van der Waals surface area contributed by atoms with Gasteiger partial charge in [0.05, 0.1) is 6.61 Å². The van der Waals surface area contributed by atoms with Gasteiger partial charge in [0.15, 0.2) is 13.2 Å². The van der Waals surface area contributed by atoms with Crippen molar-refractivity contribution in [1.82, 2.24) is 0 Å². The molecule has 0 unspecified atom stereocenters. The van der Waals surface area contributed by atoms with Crippen molar-refractivity contribution in [2.45, 2.75) is 44.5 Å². The lowest BCUT2D eigenvalue weighted by Crippen LogP contribution is -2.22. The van der Waals surface area contributed by atoms with Crippen LogP contribution in [0.4, 0.5) is 26.3 Å². The summed E-state index contributed by atoms with van der Waals surface area (Å²) in [6.07, 6.45) is -5.53. The summed E-state index contributed by atoms with van der Waals surface area (Å²) in [7, 11) is -4.92. The molecule has 4 nitrogen and oxygen atoms in total. The maximum atomic E-state index is 12.1. The average molecular weight is 358 g/mol. The quantitative estimate of drug-likeness (QED) is 0.482. The van der Waals surface area contributed by atoms with Gasteiger partial charge in [-0.2, -0.15) is 26.3 Å². The molecule has 1 fully saturated rings. The minimum absolute atomic E-state index is 0.0777. The van der Waals surface area contributed by atoms with Crippen molar-refractivity contribution in [2.75, 3.05) is 19.8 Å². The Morgan fingerprint density at radius 2 is 1.27 bits per heavy atom. The highest BCUT2D eigenvalue weighted by atomic mass is 31.2. The predicted molar refractivity (Wildman–Crippen MR) is 64.1 cm³/mol. The minimum atomic E-state index is -4.92. The highest BCUT2D eigenvalue weighted by Gasteiger charge is 2.40. The lowest BCUT2D eigenvalue weighted by molar-refractivity contribution is -0.170. The first kappa shape index (κ1) is 19.7. The number of halogens is 6. The third-order valence-corrected chi connectivity index (χ3v) is 4.32. The highest BCUT2D eigenvalue weighted by Crippen LogP contribution is 2.52. The molecule has 0 radical (unpaired) electrons. The third kappa shape index (κ3) is 8.97. The van der Waals surface area contributed by atoms with E-state index in [1.165, 1.54) is 0 Å². The Morgan fingerprint density at radius 1 is 0.818 bits per heavy atom. The smallest absolute Gasteiger partial charge is 0.287 e. The maximum absolute atomic E-state index is 12.1. The van der Waals surface area contributed by atoms with E-state index in [2.05, 4.69) is 13.6 Å².